The summed E-state index contributed by atoms with van der Waals surface area (Å²) in [5.74, 6) is 0. The molecule has 1 unspecified atom stereocenters. The van der Waals surface area contributed by atoms with Gasteiger partial charge in [0.15, 0.2) is 0 Å². The van der Waals surface area contributed by atoms with Crippen molar-refractivity contribution < 1.29 is 5.11 Å². The molecule has 70 valence electrons. The van der Waals surface area contributed by atoms with Crippen molar-refractivity contribution in [2.24, 2.45) is 0 Å². The Hall–Kier alpha value is -0.790. The van der Waals surface area contributed by atoms with Crippen LogP contribution in [0, 0.1) is 0 Å². The first-order chi connectivity index (χ1) is 6.24. The lowest BCUT2D eigenvalue weighted by Gasteiger charge is -2.03. The third kappa shape index (κ3) is 3.21. The Morgan fingerprint density at radius 1 is 1.46 bits per heavy atom. The van der Waals surface area contributed by atoms with Crippen LogP contribution in [0.4, 0.5) is 0 Å². The fourth-order valence-electron chi connectivity index (χ4n) is 0.980. The fraction of sp³-hybridized carbons (Fsp3) is 0.273. The van der Waals surface area contributed by atoms with E-state index in [0.717, 1.165) is 5.56 Å². The molecule has 0 heterocycles. The van der Waals surface area contributed by atoms with E-state index in [9.17, 15) is 5.11 Å². The van der Waals surface area contributed by atoms with E-state index in [1.807, 2.05) is 37.3 Å². The average Bonchev–Trinajstić information content (AvgIpc) is 2.19. The lowest BCUT2D eigenvalue weighted by molar-refractivity contribution is 0.220. The third-order valence-electron chi connectivity index (χ3n) is 1.81. The summed E-state index contributed by atoms with van der Waals surface area (Å²) in [5, 5.41) is 9.94. The number of hydrogen-bond donors (Lipinski definition) is 1. The SMILES string of the molecule is CCC(O)/C=C(/Cl)c1ccccc1. The van der Waals surface area contributed by atoms with E-state index in [2.05, 4.69) is 0 Å². The van der Waals surface area contributed by atoms with Crippen LogP contribution in [-0.4, -0.2) is 11.2 Å². The van der Waals surface area contributed by atoms with Gasteiger partial charge in [-0.2, -0.15) is 0 Å². The smallest absolute Gasteiger partial charge is 0.0735 e. The van der Waals surface area contributed by atoms with Crippen LogP contribution in [0.1, 0.15) is 18.9 Å². The van der Waals surface area contributed by atoms with E-state index < -0.39 is 6.10 Å². The minimum atomic E-state index is -0.451. The molecule has 1 nitrogen and oxygen atoms in total. The van der Waals surface area contributed by atoms with Crippen molar-refractivity contribution in [3.63, 3.8) is 0 Å². The van der Waals surface area contributed by atoms with E-state index >= 15 is 0 Å². The molecule has 0 fully saturated rings. The molecule has 0 saturated heterocycles. The maximum absolute atomic E-state index is 9.33. The second kappa shape index (κ2) is 5.05. The third-order valence-corrected chi connectivity index (χ3v) is 2.15. The molecule has 0 aromatic heterocycles. The first-order valence-electron chi connectivity index (χ1n) is 4.35. The van der Waals surface area contributed by atoms with Crippen molar-refractivity contribution in [3.05, 3.63) is 42.0 Å². The highest BCUT2D eigenvalue weighted by atomic mass is 35.5. The Morgan fingerprint density at radius 3 is 2.62 bits per heavy atom. The summed E-state index contributed by atoms with van der Waals surface area (Å²) in [6.45, 7) is 1.91. The molecule has 0 radical (unpaired) electrons. The lowest BCUT2D eigenvalue weighted by atomic mass is 10.1. The number of aliphatic hydroxyl groups is 1. The van der Waals surface area contributed by atoms with Gasteiger partial charge in [-0.15, -0.1) is 0 Å². The molecule has 0 amide bonds. The average molecular weight is 197 g/mol. The molecular formula is C11H13ClO. The topological polar surface area (TPSA) is 20.2 Å². The molecule has 13 heavy (non-hydrogen) atoms. The van der Waals surface area contributed by atoms with Crippen molar-refractivity contribution in [2.45, 2.75) is 19.4 Å². The van der Waals surface area contributed by atoms with Gasteiger partial charge in [0.25, 0.3) is 0 Å². The molecule has 0 aliphatic carbocycles. The second-order valence-electron chi connectivity index (χ2n) is 2.86. The highest BCUT2D eigenvalue weighted by Crippen LogP contribution is 2.19. The number of aliphatic hydroxyl groups excluding tert-OH is 1. The van der Waals surface area contributed by atoms with Crippen LogP contribution >= 0.6 is 11.6 Å². The fourth-order valence-corrected chi connectivity index (χ4v) is 1.25. The van der Waals surface area contributed by atoms with Gasteiger partial charge in [-0.05, 0) is 18.1 Å². The van der Waals surface area contributed by atoms with Crippen LogP contribution in [0.5, 0.6) is 0 Å². The first-order valence-corrected chi connectivity index (χ1v) is 4.72. The van der Waals surface area contributed by atoms with Gasteiger partial charge in [-0.3, -0.25) is 0 Å². The van der Waals surface area contributed by atoms with Crippen LogP contribution in [-0.2, 0) is 0 Å². The van der Waals surface area contributed by atoms with E-state index in [0.29, 0.717) is 11.5 Å². The molecule has 1 aromatic carbocycles. The van der Waals surface area contributed by atoms with E-state index in [1.165, 1.54) is 0 Å². The van der Waals surface area contributed by atoms with Crippen molar-refractivity contribution >= 4 is 16.6 Å². The first kappa shape index (κ1) is 10.3. The van der Waals surface area contributed by atoms with E-state index in [4.69, 9.17) is 11.6 Å². The van der Waals surface area contributed by atoms with Crippen LogP contribution in [0.15, 0.2) is 36.4 Å². The minimum absolute atomic E-state index is 0.451. The second-order valence-corrected chi connectivity index (χ2v) is 3.26. The zero-order valence-corrected chi connectivity index (χ0v) is 8.33. The van der Waals surface area contributed by atoms with Crippen molar-refractivity contribution in [2.75, 3.05) is 0 Å². The molecule has 1 N–H and O–H groups in total. The quantitative estimate of drug-likeness (QED) is 0.788. The summed E-state index contributed by atoms with van der Waals surface area (Å²) in [4.78, 5) is 0. The summed E-state index contributed by atoms with van der Waals surface area (Å²) in [6, 6.07) is 9.61. The Kier molecular flexibility index (Phi) is 4.00. The van der Waals surface area contributed by atoms with Crippen LogP contribution in [0.3, 0.4) is 0 Å². The van der Waals surface area contributed by atoms with Crippen LogP contribution in [0.25, 0.3) is 5.03 Å². The summed E-state index contributed by atoms with van der Waals surface area (Å²) < 4.78 is 0. The Bertz CT molecular complexity index is 279. The molecule has 0 bridgehead atoms. The summed E-state index contributed by atoms with van der Waals surface area (Å²) in [6.07, 6.45) is 1.90. The Morgan fingerprint density at radius 2 is 2.08 bits per heavy atom. The zero-order valence-electron chi connectivity index (χ0n) is 7.57. The Labute approximate surface area is 83.7 Å². The molecule has 1 rings (SSSR count). The van der Waals surface area contributed by atoms with Crippen molar-refractivity contribution in [1.29, 1.82) is 0 Å². The molecule has 0 aliphatic heterocycles. The molecule has 0 saturated carbocycles. The van der Waals surface area contributed by atoms with Crippen molar-refractivity contribution in [3.8, 4) is 0 Å². The van der Waals surface area contributed by atoms with Gasteiger partial charge >= 0.3 is 0 Å². The van der Waals surface area contributed by atoms with E-state index in [-0.39, 0.29) is 0 Å². The monoisotopic (exact) mass is 196 g/mol. The van der Waals surface area contributed by atoms with Gasteiger partial charge < -0.3 is 5.11 Å². The molecular weight excluding hydrogens is 184 g/mol. The zero-order chi connectivity index (χ0) is 9.68. The van der Waals surface area contributed by atoms with Gasteiger partial charge in [0.2, 0.25) is 0 Å². The van der Waals surface area contributed by atoms with Gasteiger partial charge in [0, 0.05) is 5.03 Å². The molecule has 0 spiro atoms. The number of halogens is 1. The standard InChI is InChI=1S/C11H13ClO/c1-2-10(13)8-11(12)9-6-4-3-5-7-9/h3-8,10,13H,2H2,1H3/b11-8+. The number of hydrogen-bond acceptors (Lipinski definition) is 1. The molecule has 0 aliphatic rings. The Balaban J connectivity index is 2.79. The normalized spacial score (nSPS) is 14.2. The number of benzene rings is 1. The van der Waals surface area contributed by atoms with Gasteiger partial charge in [-0.25, -0.2) is 0 Å². The van der Waals surface area contributed by atoms with Crippen LogP contribution < -0.4 is 0 Å². The van der Waals surface area contributed by atoms with Gasteiger partial charge in [-0.1, -0.05) is 48.9 Å². The maximum Gasteiger partial charge on any atom is 0.0735 e. The molecule has 1 atom stereocenters. The van der Waals surface area contributed by atoms with E-state index in [1.54, 1.807) is 6.08 Å². The van der Waals surface area contributed by atoms with Crippen molar-refractivity contribution in [1.82, 2.24) is 0 Å². The van der Waals surface area contributed by atoms with Crippen LogP contribution in [0.2, 0.25) is 0 Å². The van der Waals surface area contributed by atoms with Gasteiger partial charge in [0.1, 0.15) is 0 Å². The summed E-state index contributed by atoms with van der Waals surface area (Å²) in [5.41, 5.74) is 0.941. The maximum atomic E-state index is 9.33. The largest absolute Gasteiger partial charge is 0.389 e. The minimum Gasteiger partial charge on any atom is -0.389 e. The number of rotatable bonds is 3. The molecule has 2 heteroatoms. The summed E-state index contributed by atoms with van der Waals surface area (Å²) in [7, 11) is 0. The lowest BCUT2D eigenvalue weighted by Crippen LogP contribution is -1.98. The molecule has 1 aromatic rings. The predicted octanol–water partition coefficient (Wildman–Crippen LogP) is 3.04. The van der Waals surface area contributed by atoms with Gasteiger partial charge in [0.05, 0.1) is 6.10 Å². The predicted molar refractivity (Wildman–Crippen MR) is 56.6 cm³/mol. The summed E-state index contributed by atoms with van der Waals surface area (Å²) >= 11 is 5.98. The highest BCUT2D eigenvalue weighted by molar-refractivity contribution is 6.48. The highest BCUT2D eigenvalue weighted by Gasteiger charge is 2.00.